The summed E-state index contributed by atoms with van der Waals surface area (Å²) in [5.41, 5.74) is 7.41. The Kier molecular flexibility index (Phi) is 4.51. The second-order valence-corrected chi connectivity index (χ2v) is 5.18. The maximum atomic E-state index is 8.96. The Bertz CT molecular complexity index is 1000. The minimum Gasteiger partial charge on any atom is -0.457 e. The number of nitrogens with zero attached hydrogens (tertiary/aromatic N) is 2. The smallest absolute Gasteiger partial charge is 0.154 e. The summed E-state index contributed by atoms with van der Waals surface area (Å²) in [6.45, 7) is 0. The SMILES string of the molecule is N#Cc1cccc(Oc2ccc(N)c(Oc3cccc(C#N)c3)c2)c1. The van der Waals surface area contributed by atoms with E-state index in [-0.39, 0.29) is 0 Å². The van der Waals surface area contributed by atoms with Crippen molar-refractivity contribution in [2.75, 3.05) is 5.73 Å². The Balaban J connectivity index is 1.85. The molecular formula is C20H13N3O2. The summed E-state index contributed by atoms with van der Waals surface area (Å²) in [7, 11) is 0. The molecule has 0 atom stereocenters. The molecule has 0 amide bonds. The Labute approximate surface area is 145 Å². The van der Waals surface area contributed by atoms with Crippen LogP contribution in [0.2, 0.25) is 0 Å². The van der Waals surface area contributed by atoms with Crippen molar-refractivity contribution in [1.82, 2.24) is 0 Å². The molecule has 3 aromatic rings. The van der Waals surface area contributed by atoms with Gasteiger partial charge in [0.2, 0.25) is 0 Å². The fourth-order valence-electron chi connectivity index (χ4n) is 2.19. The number of rotatable bonds is 4. The number of anilines is 1. The lowest BCUT2D eigenvalue weighted by Crippen LogP contribution is -1.94. The van der Waals surface area contributed by atoms with Crippen molar-refractivity contribution >= 4 is 5.69 Å². The zero-order valence-electron chi connectivity index (χ0n) is 13.1. The van der Waals surface area contributed by atoms with Crippen LogP contribution in [-0.4, -0.2) is 0 Å². The molecule has 0 saturated heterocycles. The topological polar surface area (TPSA) is 92.1 Å². The van der Waals surface area contributed by atoms with E-state index in [9.17, 15) is 0 Å². The van der Waals surface area contributed by atoms with Crippen LogP contribution < -0.4 is 15.2 Å². The highest BCUT2D eigenvalue weighted by Crippen LogP contribution is 2.33. The quantitative estimate of drug-likeness (QED) is 0.707. The molecule has 0 aromatic heterocycles. The number of nitrogen functional groups attached to an aromatic ring is 1. The Morgan fingerprint density at radius 1 is 0.680 bits per heavy atom. The Morgan fingerprint density at radius 2 is 1.24 bits per heavy atom. The first-order valence-electron chi connectivity index (χ1n) is 7.43. The second-order valence-electron chi connectivity index (χ2n) is 5.18. The summed E-state index contributed by atoms with van der Waals surface area (Å²) in [5, 5.41) is 17.9. The fourth-order valence-corrected chi connectivity index (χ4v) is 2.19. The van der Waals surface area contributed by atoms with Crippen LogP contribution in [-0.2, 0) is 0 Å². The number of ether oxygens (including phenoxy) is 2. The highest BCUT2D eigenvalue weighted by molar-refractivity contribution is 5.58. The maximum absolute atomic E-state index is 8.96. The summed E-state index contributed by atoms with van der Waals surface area (Å²) in [6.07, 6.45) is 0. The van der Waals surface area contributed by atoms with Crippen LogP contribution in [0.5, 0.6) is 23.0 Å². The Hall–Kier alpha value is -3.96. The van der Waals surface area contributed by atoms with Gasteiger partial charge in [0, 0.05) is 6.07 Å². The van der Waals surface area contributed by atoms with Crippen LogP contribution in [0.4, 0.5) is 5.69 Å². The lowest BCUT2D eigenvalue weighted by molar-refractivity contribution is 0.461. The molecule has 0 aliphatic heterocycles. The van der Waals surface area contributed by atoms with Gasteiger partial charge in [-0.05, 0) is 48.5 Å². The molecule has 2 N–H and O–H groups in total. The predicted molar refractivity (Wildman–Crippen MR) is 93.3 cm³/mol. The molecule has 0 saturated carbocycles. The predicted octanol–water partition coefficient (Wildman–Crippen LogP) is 4.60. The number of nitriles is 2. The number of hydrogen-bond acceptors (Lipinski definition) is 5. The van der Waals surface area contributed by atoms with Crippen molar-refractivity contribution in [1.29, 1.82) is 10.5 Å². The van der Waals surface area contributed by atoms with Gasteiger partial charge in [-0.3, -0.25) is 0 Å². The third-order valence-electron chi connectivity index (χ3n) is 3.37. The van der Waals surface area contributed by atoms with Gasteiger partial charge < -0.3 is 15.2 Å². The molecule has 0 fully saturated rings. The van der Waals surface area contributed by atoms with E-state index in [4.69, 9.17) is 25.7 Å². The second kappa shape index (κ2) is 7.08. The molecule has 3 rings (SSSR count). The zero-order chi connectivity index (χ0) is 17.6. The summed E-state index contributed by atoms with van der Waals surface area (Å²) >= 11 is 0. The lowest BCUT2D eigenvalue weighted by Gasteiger charge is -2.11. The van der Waals surface area contributed by atoms with Crippen LogP contribution in [0.25, 0.3) is 0 Å². The zero-order valence-corrected chi connectivity index (χ0v) is 13.1. The minimum absolute atomic E-state index is 0.420. The standard InChI is InChI=1S/C20H13N3O2/c21-12-14-3-1-5-16(9-14)24-18-7-8-19(23)20(11-18)25-17-6-2-4-15(10-17)13-22/h1-11H,23H2. The molecule has 120 valence electrons. The molecule has 0 aliphatic rings. The minimum atomic E-state index is 0.420. The molecule has 0 radical (unpaired) electrons. The molecule has 25 heavy (non-hydrogen) atoms. The highest BCUT2D eigenvalue weighted by Gasteiger charge is 2.07. The first-order valence-corrected chi connectivity index (χ1v) is 7.43. The van der Waals surface area contributed by atoms with Crippen molar-refractivity contribution in [3.05, 3.63) is 77.9 Å². The molecule has 0 aliphatic carbocycles. The maximum Gasteiger partial charge on any atom is 0.154 e. The summed E-state index contributed by atoms with van der Waals surface area (Å²) in [5.74, 6) is 2.00. The van der Waals surface area contributed by atoms with E-state index >= 15 is 0 Å². The van der Waals surface area contributed by atoms with Crippen LogP contribution in [0, 0.1) is 22.7 Å². The van der Waals surface area contributed by atoms with E-state index in [1.54, 1.807) is 66.7 Å². The summed E-state index contributed by atoms with van der Waals surface area (Å²) in [6, 6.07) is 22.8. The largest absolute Gasteiger partial charge is 0.457 e. The van der Waals surface area contributed by atoms with Gasteiger partial charge in [0.1, 0.15) is 17.2 Å². The molecular weight excluding hydrogens is 314 g/mol. The first-order chi connectivity index (χ1) is 12.2. The van der Waals surface area contributed by atoms with Crippen molar-refractivity contribution in [2.24, 2.45) is 0 Å². The normalized spacial score (nSPS) is 9.68. The number of hydrogen-bond donors (Lipinski definition) is 1. The van der Waals surface area contributed by atoms with Gasteiger partial charge in [-0.2, -0.15) is 10.5 Å². The average Bonchev–Trinajstić information content (AvgIpc) is 2.65. The van der Waals surface area contributed by atoms with E-state index in [0.29, 0.717) is 39.8 Å². The Morgan fingerprint density at radius 3 is 1.84 bits per heavy atom. The monoisotopic (exact) mass is 327 g/mol. The van der Waals surface area contributed by atoms with E-state index in [2.05, 4.69) is 12.1 Å². The van der Waals surface area contributed by atoms with Gasteiger partial charge in [0.15, 0.2) is 5.75 Å². The van der Waals surface area contributed by atoms with Crippen molar-refractivity contribution in [3.8, 4) is 35.1 Å². The molecule has 0 unspecified atom stereocenters. The molecule has 5 heteroatoms. The van der Waals surface area contributed by atoms with E-state index < -0.39 is 0 Å². The van der Waals surface area contributed by atoms with Gasteiger partial charge in [0.05, 0.1) is 29.0 Å². The molecule has 5 nitrogen and oxygen atoms in total. The van der Waals surface area contributed by atoms with Crippen LogP contribution in [0.1, 0.15) is 11.1 Å². The first kappa shape index (κ1) is 15.9. The number of nitrogens with two attached hydrogens (primary N) is 1. The van der Waals surface area contributed by atoms with Gasteiger partial charge in [-0.25, -0.2) is 0 Å². The average molecular weight is 327 g/mol. The van der Waals surface area contributed by atoms with Gasteiger partial charge in [0.25, 0.3) is 0 Å². The van der Waals surface area contributed by atoms with E-state index in [1.807, 2.05) is 0 Å². The molecule has 3 aromatic carbocycles. The van der Waals surface area contributed by atoms with Crippen molar-refractivity contribution < 1.29 is 9.47 Å². The highest BCUT2D eigenvalue weighted by atomic mass is 16.5. The molecule has 0 spiro atoms. The van der Waals surface area contributed by atoms with Crippen molar-refractivity contribution in [3.63, 3.8) is 0 Å². The van der Waals surface area contributed by atoms with E-state index in [1.165, 1.54) is 0 Å². The number of benzene rings is 3. The third kappa shape index (κ3) is 3.87. The van der Waals surface area contributed by atoms with Crippen molar-refractivity contribution in [2.45, 2.75) is 0 Å². The molecule has 0 bridgehead atoms. The van der Waals surface area contributed by atoms with Gasteiger partial charge >= 0.3 is 0 Å². The van der Waals surface area contributed by atoms with Crippen LogP contribution in [0.15, 0.2) is 66.7 Å². The van der Waals surface area contributed by atoms with Gasteiger partial charge in [-0.15, -0.1) is 0 Å². The van der Waals surface area contributed by atoms with Crippen LogP contribution in [0.3, 0.4) is 0 Å². The lowest BCUT2D eigenvalue weighted by atomic mass is 10.2. The van der Waals surface area contributed by atoms with E-state index in [0.717, 1.165) is 0 Å². The van der Waals surface area contributed by atoms with Gasteiger partial charge in [-0.1, -0.05) is 12.1 Å². The fraction of sp³-hybridized carbons (Fsp3) is 0. The molecule has 0 heterocycles. The summed E-state index contributed by atoms with van der Waals surface area (Å²) < 4.78 is 11.5. The summed E-state index contributed by atoms with van der Waals surface area (Å²) in [4.78, 5) is 0. The third-order valence-corrected chi connectivity index (χ3v) is 3.37. The van der Waals surface area contributed by atoms with Crippen LogP contribution >= 0.6 is 0 Å².